The number of hydrogen-bond donors (Lipinski definition) is 3. The summed E-state index contributed by atoms with van der Waals surface area (Å²) in [6.07, 6.45) is 4.20. The van der Waals surface area contributed by atoms with Crippen LogP contribution in [0.5, 0.6) is 0 Å². The molecule has 1 saturated carbocycles. The van der Waals surface area contributed by atoms with Crippen LogP contribution in [-0.2, 0) is 19.2 Å². The van der Waals surface area contributed by atoms with E-state index in [-0.39, 0.29) is 59.8 Å². The smallest absolute Gasteiger partial charge is 1.00 e. The molecule has 190 valence electrons. The summed E-state index contributed by atoms with van der Waals surface area (Å²) in [5.74, 6) is -2.88. The van der Waals surface area contributed by atoms with E-state index in [1.165, 1.54) is 40.6 Å². The molecular formula is C24H24N3NaO7S2. The number of likely N-dealkylation sites (tertiary alicyclic amines) is 1. The average Bonchev–Trinajstić information content (AvgIpc) is 3.64. The van der Waals surface area contributed by atoms with Crippen molar-refractivity contribution in [2.75, 3.05) is 18.1 Å². The third-order valence-electron chi connectivity index (χ3n) is 6.48. The van der Waals surface area contributed by atoms with E-state index in [0.717, 1.165) is 12.8 Å². The quantitative estimate of drug-likeness (QED) is 0.154. The summed E-state index contributed by atoms with van der Waals surface area (Å²) in [6, 6.07) is 5.57. The Morgan fingerprint density at radius 1 is 1.14 bits per heavy atom. The number of allylic oxidation sites excluding steroid dienone is 1. The zero-order valence-corrected chi connectivity index (χ0v) is 23.6. The van der Waals surface area contributed by atoms with Gasteiger partial charge in [-0.3, -0.25) is 19.3 Å². The molecule has 3 amide bonds. The van der Waals surface area contributed by atoms with Crippen LogP contribution in [0.1, 0.15) is 31.0 Å². The number of aliphatic carboxylic acids is 1. The second-order valence-corrected chi connectivity index (χ2v) is 11.1. The van der Waals surface area contributed by atoms with Gasteiger partial charge in [-0.05, 0) is 55.2 Å². The van der Waals surface area contributed by atoms with Crippen LogP contribution in [0, 0.1) is 0 Å². The van der Waals surface area contributed by atoms with Gasteiger partial charge in [0.2, 0.25) is 11.8 Å². The maximum atomic E-state index is 12.9. The number of amides is 3. The molecule has 37 heavy (non-hydrogen) atoms. The molecule has 2 saturated heterocycles. The van der Waals surface area contributed by atoms with Gasteiger partial charge in [-0.2, -0.15) is 0 Å². The molecule has 0 aromatic heterocycles. The Morgan fingerprint density at radius 2 is 1.84 bits per heavy atom. The Balaban J connectivity index is 0.00000200. The Morgan fingerprint density at radius 3 is 2.46 bits per heavy atom. The molecule has 0 bridgehead atoms. The van der Waals surface area contributed by atoms with E-state index in [2.05, 4.69) is 5.32 Å². The molecular weight excluding hydrogens is 529 g/mol. The normalized spacial score (nSPS) is 23.9. The maximum absolute atomic E-state index is 12.9. The molecule has 10 nitrogen and oxygen atoms in total. The minimum atomic E-state index is -1.24. The van der Waals surface area contributed by atoms with Crippen molar-refractivity contribution >= 4 is 53.2 Å². The molecule has 1 aromatic carbocycles. The minimum absolute atomic E-state index is 0. The van der Waals surface area contributed by atoms with Gasteiger partial charge in [0, 0.05) is 28.8 Å². The molecule has 5 rings (SSSR count). The van der Waals surface area contributed by atoms with E-state index in [4.69, 9.17) is 5.11 Å². The molecule has 4 aliphatic rings. The van der Waals surface area contributed by atoms with Gasteiger partial charge in [0.15, 0.2) is 0 Å². The van der Waals surface area contributed by atoms with Gasteiger partial charge in [0.25, 0.3) is 5.91 Å². The predicted molar refractivity (Wildman–Crippen MR) is 132 cm³/mol. The van der Waals surface area contributed by atoms with Crippen LogP contribution in [0.3, 0.4) is 0 Å². The second-order valence-electron chi connectivity index (χ2n) is 8.90. The van der Waals surface area contributed by atoms with Gasteiger partial charge in [-0.15, -0.1) is 23.5 Å². The number of fused-ring (bicyclic) bond motifs is 1. The van der Waals surface area contributed by atoms with Gasteiger partial charge in [0.1, 0.15) is 17.1 Å². The van der Waals surface area contributed by atoms with Crippen LogP contribution >= 0.6 is 23.5 Å². The van der Waals surface area contributed by atoms with E-state index in [9.17, 15) is 29.1 Å². The van der Waals surface area contributed by atoms with E-state index in [1.807, 2.05) is 4.90 Å². The van der Waals surface area contributed by atoms with Crippen molar-refractivity contribution in [2.24, 2.45) is 0 Å². The number of carboxylic acids is 2. The molecule has 13 heteroatoms. The Bertz CT molecular complexity index is 1240. The number of nitrogens with zero attached hydrogens (tertiary/aromatic N) is 2. The topological polar surface area (TPSA) is 144 Å². The van der Waals surface area contributed by atoms with Crippen LogP contribution in [0.2, 0.25) is 0 Å². The van der Waals surface area contributed by atoms with Crippen molar-refractivity contribution < 1.29 is 65.2 Å². The van der Waals surface area contributed by atoms with Gasteiger partial charge >= 0.3 is 41.5 Å². The molecule has 3 aliphatic heterocycles. The summed E-state index contributed by atoms with van der Waals surface area (Å²) >= 11 is 2.56. The van der Waals surface area contributed by atoms with Crippen LogP contribution < -0.4 is 34.9 Å². The maximum Gasteiger partial charge on any atom is 1.00 e. The van der Waals surface area contributed by atoms with Crippen molar-refractivity contribution in [3.8, 4) is 0 Å². The Labute approximate surface area is 244 Å². The molecule has 0 unspecified atom stereocenters. The summed E-state index contributed by atoms with van der Waals surface area (Å²) < 4.78 is 0. The third-order valence-corrected chi connectivity index (χ3v) is 8.80. The standard InChI is InChI=1S/C24H23N3O7S2.Na.H/c28-17(11-35-16-5-1-12(2-6-16)23(31)32)25-18-21(30)27-19(24(33)34)14(10-36-22(18)27)9-13-7-8-26(20(13)29)15-3-4-15;;/h1-2,5-6,9,15,18,22H,3-4,7-8,10-11H2,(H,25,28)(H,31,32)(H,33,34);;/q;+1;-1/b13-9+;;/t18-,22-;;/m1../s1. The monoisotopic (exact) mass is 553 g/mol. The van der Waals surface area contributed by atoms with Crippen LogP contribution in [0.15, 0.2) is 52.1 Å². The number of nitrogens with one attached hydrogen (secondary N) is 1. The first-order valence-electron chi connectivity index (χ1n) is 11.4. The van der Waals surface area contributed by atoms with Crippen molar-refractivity contribution in [3.05, 3.63) is 52.7 Å². The Hall–Kier alpha value is -2.25. The molecule has 0 radical (unpaired) electrons. The molecule has 2 atom stereocenters. The van der Waals surface area contributed by atoms with E-state index >= 15 is 0 Å². The summed E-state index contributed by atoms with van der Waals surface area (Å²) in [5.41, 5.74) is 1.02. The number of carboxylic acid groups (broad SMARTS) is 2. The fraction of sp³-hybridized carbons (Fsp3) is 0.375. The summed E-state index contributed by atoms with van der Waals surface area (Å²) in [6.45, 7) is 0.638. The molecule has 3 N–H and O–H groups in total. The fourth-order valence-corrected chi connectivity index (χ4v) is 6.54. The molecule has 1 aliphatic carbocycles. The summed E-state index contributed by atoms with van der Waals surface area (Å²) in [7, 11) is 0. The van der Waals surface area contributed by atoms with Crippen LogP contribution in [-0.4, -0.2) is 85.2 Å². The number of carbonyl (C=O) groups excluding carboxylic acids is 3. The summed E-state index contributed by atoms with van der Waals surface area (Å²) in [4.78, 5) is 64.8. The van der Waals surface area contributed by atoms with Crippen LogP contribution in [0.4, 0.5) is 0 Å². The number of thioether (sulfide) groups is 2. The number of carbonyl (C=O) groups is 5. The van der Waals surface area contributed by atoms with Crippen molar-refractivity contribution in [3.63, 3.8) is 0 Å². The molecule has 3 fully saturated rings. The van der Waals surface area contributed by atoms with E-state index in [1.54, 1.807) is 18.2 Å². The fourth-order valence-electron chi connectivity index (χ4n) is 4.52. The predicted octanol–water partition coefficient (Wildman–Crippen LogP) is -1.35. The van der Waals surface area contributed by atoms with Crippen molar-refractivity contribution in [2.45, 2.75) is 41.6 Å². The number of β-lactam (4-membered cyclic amide) rings is 1. The average molecular weight is 554 g/mol. The zero-order valence-electron chi connectivity index (χ0n) is 21.0. The molecule has 1 aromatic rings. The van der Waals surface area contributed by atoms with Gasteiger partial charge < -0.3 is 21.9 Å². The number of aromatic carboxylic acids is 1. The number of rotatable bonds is 8. The van der Waals surface area contributed by atoms with Crippen LogP contribution in [0.25, 0.3) is 0 Å². The molecule has 3 heterocycles. The minimum Gasteiger partial charge on any atom is -1.00 e. The first-order valence-corrected chi connectivity index (χ1v) is 13.5. The summed E-state index contributed by atoms with van der Waals surface area (Å²) in [5, 5.41) is 21.0. The van der Waals surface area contributed by atoms with Gasteiger partial charge in [-0.1, -0.05) is 0 Å². The first kappa shape index (κ1) is 27.8. The third kappa shape index (κ3) is 5.63. The largest absolute Gasteiger partial charge is 1.00 e. The zero-order chi connectivity index (χ0) is 25.6. The van der Waals surface area contributed by atoms with Crippen molar-refractivity contribution in [1.29, 1.82) is 0 Å². The number of hydrogen-bond acceptors (Lipinski definition) is 7. The van der Waals surface area contributed by atoms with Gasteiger partial charge in [-0.25, -0.2) is 9.59 Å². The first-order chi connectivity index (χ1) is 17.2. The number of benzene rings is 1. The second kappa shape index (κ2) is 11.2. The molecule has 0 spiro atoms. The Kier molecular flexibility index (Phi) is 8.44. The SMILES string of the molecule is O=C(CSc1ccc(C(=O)O)cc1)N[C@@H]1C(=O)N2C(C(=O)O)=C(/C=C3\CCN(C4CC4)C3=O)CS[C@H]12.[H-].[Na+]. The van der Waals surface area contributed by atoms with E-state index in [0.29, 0.717) is 40.8 Å². The van der Waals surface area contributed by atoms with E-state index < -0.39 is 29.3 Å². The van der Waals surface area contributed by atoms with Crippen molar-refractivity contribution in [1.82, 2.24) is 15.1 Å². The van der Waals surface area contributed by atoms with Gasteiger partial charge in [0.05, 0.1) is 11.3 Å².